The summed E-state index contributed by atoms with van der Waals surface area (Å²) >= 11 is 0. The van der Waals surface area contributed by atoms with E-state index >= 15 is 0 Å². The predicted molar refractivity (Wildman–Crippen MR) is 120 cm³/mol. The summed E-state index contributed by atoms with van der Waals surface area (Å²) in [6.07, 6.45) is 0. The van der Waals surface area contributed by atoms with Crippen LogP contribution in [-0.2, 0) is 6.67 Å². The number of rotatable bonds is 5. The highest BCUT2D eigenvalue weighted by atomic mass is 16.5. The van der Waals surface area contributed by atoms with E-state index in [1.165, 1.54) is 11.7 Å². The molecule has 0 bridgehead atoms. The van der Waals surface area contributed by atoms with E-state index in [9.17, 15) is 14.4 Å². The molecular formula is C23H25N5O4. The minimum atomic E-state index is -0.343. The molecule has 1 fully saturated rings. The van der Waals surface area contributed by atoms with Gasteiger partial charge in [0.05, 0.1) is 19.2 Å². The molecule has 0 saturated carbocycles. The standard InChI is InChI=1S/C23H25N5O4/c1-24-21(29)20-18-5-3-4-6-19(18)23(31)28(25-20)15-26-11-13-27(14-12-26)22(30)16-7-9-17(32-2)10-8-16/h3-10H,11-15H2,1-2H3,(H,24,29). The fraction of sp³-hybridized carbons (Fsp3) is 0.304. The molecule has 1 aliphatic rings. The number of benzene rings is 2. The molecule has 32 heavy (non-hydrogen) atoms. The lowest BCUT2D eigenvalue weighted by atomic mass is 10.1. The third kappa shape index (κ3) is 4.19. The van der Waals surface area contributed by atoms with Crippen LogP contribution in [0.15, 0.2) is 53.3 Å². The SMILES string of the molecule is CNC(=O)c1nn(CN2CCN(C(=O)c3ccc(OC)cc3)CC2)c(=O)c2ccccc12. The lowest BCUT2D eigenvalue weighted by Crippen LogP contribution is -2.50. The monoisotopic (exact) mass is 435 g/mol. The molecule has 2 aromatic carbocycles. The third-order valence-electron chi connectivity index (χ3n) is 5.64. The van der Waals surface area contributed by atoms with Gasteiger partial charge < -0.3 is 15.0 Å². The fourth-order valence-electron chi connectivity index (χ4n) is 3.82. The summed E-state index contributed by atoms with van der Waals surface area (Å²) in [5.74, 6) is 0.330. The van der Waals surface area contributed by atoms with Crippen LogP contribution in [0.25, 0.3) is 10.8 Å². The molecule has 2 amide bonds. The van der Waals surface area contributed by atoms with E-state index < -0.39 is 0 Å². The number of piperazine rings is 1. The van der Waals surface area contributed by atoms with E-state index in [-0.39, 0.29) is 29.7 Å². The Bertz CT molecular complexity index is 1200. The van der Waals surface area contributed by atoms with Crippen LogP contribution in [-0.4, -0.2) is 71.7 Å². The van der Waals surface area contributed by atoms with E-state index in [0.717, 1.165) is 0 Å². The van der Waals surface area contributed by atoms with Crippen molar-refractivity contribution >= 4 is 22.6 Å². The second-order valence-corrected chi connectivity index (χ2v) is 7.56. The first-order chi connectivity index (χ1) is 15.5. The molecule has 9 heteroatoms. The molecule has 1 saturated heterocycles. The maximum Gasteiger partial charge on any atom is 0.275 e. The molecule has 3 aromatic rings. The number of carbonyl (C=O) groups excluding carboxylic acids is 2. The maximum absolute atomic E-state index is 12.9. The van der Waals surface area contributed by atoms with Crippen LogP contribution >= 0.6 is 0 Å². The Hall–Kier alpha value is -3.72. The summed E-state index contributed by atoms with van der Waals surface area (Å²) < 4.78 is 6.47. The number of amides is 2. The van der Waals surface area contributed by atoms with Gasteiger partial charge in [0.2, 0.25) is 0 Å². The molecule has 1 aromatic heterocycles. The summed E-state index contributed by atoms with van der Waals surface area (Å²) in [5.41, 5.74) is 0.586. The maximum atomic E-state index is 12.9. The molecule has 166 valence electrons. The van der Waals surface area contributed by atoms with E-state index in [1.807, 2.05) is 0 Å². The number of aromatic nitrogens is 2. The lowest BCUT2D eigenvalue weighted by molar-refractivity contribution is 0.0581. The van der Waals surface area contributed by atoms with E-state index in [0.29, 0.717) is 48.3 Å². The van der Waals surface area contributed by atoms with Gasteiger partial charge in [-0.2, -0.15) is 5.10 Å². The third-order valence-corrected chi connectivity index (χ3v) is 5.64. The van der Waals surface area contributed by atoms with Crippen LogP contribution in [0.1, 0.15) is 20.8 Å². The van der Waals surface area contributed by atoms with Gasteiger partial charge in [-0.25, -0.2) is 4.68 Å². The van der Waals surface area contributed by atoms with E-state index in [2.05, 4.69) is 15.3 Å². The van der Waals surface area contributed by atoms with Crippen molar-refractivity contribution in [2.24, 2.45) is 0 Å². The number of methoxy groups -OCH3 is 1. The van der Waals surface area contributed by atoms with Crippen molar-refractivity contribution in [3.8, 4) is 5.75 Å². The largest absolute Gasteiger partial charge is 0.497 e. The zero-order chi connectivity index (χ0) is 22.7. The molecule has 0 aliphatic carbocycles. The summed E-state index contributed by atoms with van der Waals surface area (Å²) in [6.45, 7) is 2.51. The number of hydrogen-bond donors (Lipinski definition) is 1. The Kier molecular flexibility index (Phi) is 6.18. The number of hydrogen-bond acceptors (Lipinski definition) is 6. The molecule has 1 N–H and O–H groups in total. The second kappa shape index (κ2) is 9.19. The smallest absolute Gasteiger partial charge is 0.275 e. The van der Waals surface area contributed by atoms with Gasteiger partial charge in [-0.1, -0.05) is 18.2 Å². The summed E-state index contributed by atoms with van der Waals surface area (Å²) in [7, 11) is 3.12. The van der Waals surface area contributed by atoms with Crippen LogP contribution < -0.4 is 15.6 Å². The van der Waals surface area contributed by atoms with Gasteiger partial charge in [-0.15, -0.1) is 0 Å². The van der Waals surface area contributed by atoms with Crippen LogP contribution in [0.4, 0.5) is 0 Å². The van der Waals surface area contributed by atoms with Crippen molar-refractivity contribution in [2.45, 2.75) is 6.67 Å². The Morgan fingerprint density at radius 2 is 1.66 bits per heavy atom. The minimum absolute atomic E-state index is 0.0322. The molecule has 0 atom stereocenters. The Morgan fingerprint density at radius 1 is 1.00 bits per heavy atom. The average molecular weight is 435 g/mol. The first-order valence-corrected chi connectivity index (χ1v) is 10.4. The van der Waals surface area contributed by atoms with Crippen molar-refractivity contribution in [3.05, 3.63) is 70.1 Å². The zero-order valence-corrected chi connectivity index (χ0v) is 18.1. The van der Waals surface area contributed by atoms with Crippen LogP contribution in [0.2, 0.25) is 0 Å². The molecule has 2 heterocycles. The van der Waals surface area contributed by atoms with Gasteiger partial charge in [0.25, 0.3) is 17.4 Å². The number of nitrogens with zero attached hydrogens (tertiary/aromatic N) is 4. The van der Waals surface area contributed by atoms with E-state index in [4.69, 9.17) is 4.74 Å². The molecule has 0 spiro atoms. The van der Waals surface area contributed by atoms with Crippen LogP contribution in [0, 0.1) is 0 Å². The van der Waals surface area contributed by atoms with Gasteiger partial charge in [0, 0.05) is 44.2 Å². The van der Waals surface area contributed by atoms with Crippen molar-refractivity contribution in [3.63, 3.8) is 0 Å². The molecule has 0 unspecified atom stereocenters. The zero-order valence-electron chi connectivity index (χ0n) is 18.1. The minimum Gasteiger partial charge on any atom is -0.497 e. The average Bonchev–Trinajstić information content (AvgIpc) is 2.85. The Morgan fingerprint density at radius 3 is 2.28 bits per heavy atom. The number of carbonyl (C=O) groups is 2. The molecular weight excluding hydrogens is 410 g/mol. The molecule has 9 nitrogen and oxygen atoms in total. The number of nitrogens with one attached hydrogen (secondary N) is 1. The van der Waals surface area contributed by atoms with Gasteiger partial charge in [0.15, 0.2) is 5.69 Å². The van der Waals surface area contributed by atoms with Crippen molar-refractivity contribution in [1.82, 2.24) is 24.9 Å². The Balaban J connectivity index is 1.48. The van der Waals surface area contributed by atoms with Crippen LogP contribution in [0.5, 0.6) is 5.75 Å². The highest BCUT2D eigenvalue weighted by Gasteiger charge is 2.23. The molecule has 1 aliphatic heterocycles. The predicted octanol–water partition coefficient (Wildman–Crippen LogP) is 1.18. The lowest BCUT2D eigenvalue weighted by Gasteiger charge is -2.34. The van der Waals surface area contributed by atoms with Gasteiger partial charge in [0.1, 0.15) is 5.75 Å². The van der Waals surface area contributed by atoms with Crippen LogP contribution in [0.3, 0.4) is 0 Å². The topological polar surface area (TPSA) is 96.8 Å². The summed E-state index contributed by atoms with van der Waals surface area (Å²) in [5, 5.41) is 7.91. The number of fused-ring (bicyclic) bond motifs is 1. The van der Waals surface area contributed by atoms with E-state index in [1.54, 1.807) is 60.5 Å². The fourth-order valence-corrected chi connectivity index (χ4v) is 3.82. The highest BCUT2D eigenvalue weighted by Crippen LogP contribution is 2.16. The second-order valence-electron chi connectivity index (χ2n) is 7.56. The van der Waals surface area contributed by atoms with Gasteiger partial charge in [-0.3, -0.25) is 19.3 Å². The summed E-state index contributed by atoms with van der Waals surface area (Å²) in [4.78, 5) is 41.9. The first-order valence-electron chi connectivity index (χ1n) is 10.4. The van der Waals surface area contributed by atoms with Crippen molar-refractivity contribution in [2.75, 3.05) is 40.3 Å². The summed E-state index contributed by atoms with van der Waals surface area (Å²) in [6, 6.07) is 14.0. The Labute approximate surface area is 185 Å². The van der Waals surface area contributed by atoms with Gasteiger partial charge >= 0.3 is 0 Å². The van der Waals surface area contributed by atoms with Gasteiger partial charge in [-0.05, 0) is 30.3 Å². The van der Waals surface area contributed by atoms with Crippen molar-refractivity contribution in [1.29, 1.82) is 0 Å². The quantitative estimate of drug-likeness (QED) is 0.647. The van der Waals surface area contributed by atoms with Crippen molar-refractivity contribution < 1.29 is 14.3 Å². The normalized spacial score (nSPS) is 14.4. The molecule has 4 rings (SSSR count). The highest BCUT2D eigenvalue weighted by molar-refractivity contribution is 6.04. The molecule has 0 radical (unpaired) electrons. The number of ether oxygens (including phenoxy) is 1. The first kappa shape index (κ1) is 21.5.